The zero-order valence-electron chi connectivity index (χ0n) is 13.2. The first kappa shape index (κ1) is 15.4. The number of aryl methyl sites for hydroxylation is 2. The maximum Gasteiger partial charge on any atom is 0.179 e. The van der Waals surface area contributed by atoms with Crippen molar-refractivity contribution in [3.63, 3.8) is 0 Å². The van der Waals surface area contributed by atoms with Crippen LogP contribution in [0, 0.1) is 6.92 Å². The monoisotopic (exact) mass is 285 g/mol. The van der Waals surface area contributed by atoms with Gasteiger partial charge in [0.1, 0.15) is 5.75 Å². The Balaban J connectivity index is 2.18. The predicted molar refractivity (Wildman–Crippen MR) is 85.0 cm³/mol. The van der Waals surface area contributed by atoms with Crippen molar-refractivity contribution in [2.75, 3.05) is 0 Å². The van der Waals surface area contributed by atoms with Crippen LogP contribution in [0.1, 0.15) is 54.4 Å². The number of aromatic nitrogens is 1. The van der Waals surface area contributed by atoms with Gasteiger partial charge in [0.05, 0.1) is 5.69 Å². The van der Waals surface area contributed by atoms with Crippen molar-refractivity contribution in [1.29, 1.82) is 0 Å². The van der Waals surface area contributed by atoms with Crippen LogP contribution < -0.4 is 0 Å². The van der Waals surface area contributed by atoms with E-state index in [0.29, 0.717) is 24.3 Å². The molecule has 2 rings (SSSR count). The molecule has 0 atom stereocenters. The molecule has 0 aliphatic heterocycles. The summed E-state index contributed by atoms with van der Waals surface area (Å²) in [6, 6.07) is 7.61. The number of nitrogens with one attached hydrogen (secondary N) is 1. The average Bonchev–Trinajstić information content (AvgIpc) is 2.92. The SMILES string of the molecule is Cc1cc(CCC(=O)c2ccc[nH]2)cc(C(C)(C)C)c1O. The highest BCUT2D eigenvalue weighted by atomic mass is 16.3. The Morgan fingerprint density at radius 1 is 1.29 bits per heavy atom. The third-order valence-electron chi connectivity index (χ3n) is 3.71. The smallest absolute Gasteiger partial charge is 0.179 e. The second kappa shape index (κ2) is 5.76. The van der Waals surface area contributed by atoms with E-state index in [4.69, 9.17) is 0 Å². The van der Waals surface area contributed by atoms with Gasteiger partial charge in [-0.25, -0.2) is 0 Å². The number of carbonyl (C=O) groups is 1. The summed E-state index contributed by atoms with van der Waals surface area (Å²) in [5.74, 6) is 0.477. The lowest BCUT2D eigenvalue weighted by molar-refractivity contribution is 0.0978. The number of Topliss-reactive ketones (excluding diaryl/α,β-unsaturated/α-hetero) is 1. The largest absolute Gasteiger partial charge is 0.507 e. The molecule has 0 aliphatic carbocycles. The molecule has 1 aromatic heterocycles. The summed E-state index contributed by atoms with van der Waals surface area (Å²) in [6.45, 7) is 8.14. The number of hydrogen-bond donors (Lipinski definition) is 2. The first-order chi connectivity index (χ1) is 9.79. The number of H-pyrrole nitrogens is 1. The minimum atomic E-state index is -0.117. The molecule has 1 heterocycles. The van der Waals surface area contributed by atoms with Crippen LogP contribution in [0.15, 0.2) is 30.5 Å². The van der Waals surface area contributed by atoms with Crippen LogP contribution in [0.25, 0.3) is 0 Å². The molecule has 2 aromatic rings. The van der Waals surface area contributed by atoms with E-state index < -0.39 is 0 Å². The number of ketones is 1. The number of aromatic amines is 1. The van der Waals surface area contributed by atoms with Gasteiger partial charge in [0, 0.05) is 12.6 Å². The molecule has 21 heavy (non-hydrogen) atoms. The number of phenolic OH excluding ortho intramolecular Hbond substituents is 1. The number of carbonyl (C=O) groups excluding carboxylic acids is 1. The van der Waals surface area contributed by atoms with Gasteiger partial charge >= 0.3 is 0 Å². The first-order valence-electron chi connectivity index (χ1n) is 7.28. The number of aromatic hydroxyl groups is 1. The molecular formula is C18H23NO2. The number of phenols is 1. The Morgan fingerprint density at radius 2 is 2.00 bits per heavy atom. The topological polar surface area (TPSA) is 53.1 Å². The van der Waals surface area contributed by atoms with Crippen molar-refractivity contribution >= 4 is 5.78 Å². The average molecular weight is 285 g/mol. The van der Waals surface area contributed by atoms with E-state index in [9.17, 15) is 9.90 Å². The fourth-order valence-corrected chi connectivity index (χ4v) is 2.47. The Bertz CT molecular complexity index is 634. The van der Waals surface area contributed by atoms with Crippen LogP contribution in [-0.4, -0.2) is 15.9 Å². The van der Waals surface area contributed by atoms with Crippen LogP contribution in [0.2, 0.25) is 0 Å². The Hall–Kier alpha value is -2.03. The quantitative estimate of drug-likeness (QED) is 0.829. The minimum Gasteiger partial charge on any atom is -0.507 e. The van der Waals surface area contributed by atoms with Crippen LogP contribution in [0.5, 0.6) is 5.75 Å². The van der Waals surface area contributed by atoms with Crippen molar-refractivity contribution in [3.8, 4) is 5.75 Å². The summed E-state index contributed by atoms with van der Waals surface area (Å²) < 4.78 is 0. The lowest BCUT2D eigenvalue weighted by Crippen LogP contribution is -2.13. The van der Waals surface area contributed by atoms with Crippen LogP contribution in [-0.2, 0) is 11.8 Å². The molecular weight excluding hydrogens is 262 g/mol. The fourth-order valence-electron chi connectivity index (χ4n) is 2.47. The number of rotatable bonds is 4. The summed E-state index contributed by atoms with van der Waals surface area (Å²) in [5.41, 5.74) is 3.43. The zero-order valence-corrected chi connectivity index (χ0v) is 13.2. The van der Waals surface area contributed by atoms with Crippen LogP contribution in [0.3, 0.4) is 0 Å². The standard InChI is InChI=1S/C18H23NO2/c1-12-10-13(11-14(17(12)21)18(2,3)4)7-8-16(20)15-6-5-9-19-15/h5-6,9-11,19,21H,7-8H2,1-4H3. The molecule has 3 nitrogen and oxygen atoms in total. The van der Waals surface area contributed by atoms with E-state index in [0.717, 1.165) is 16.7 Å². The van der Waals surface area contributed by atoms with Gasteiger partial charge in [0.15, 0.2) is 5.78 Å². The Labute approximate surface area is 126 Å². The van der Waals surface area contributed by atoms with Gasteiger partial charge in [0.2, 0.25) is 0 Å². The fraction of sp³-hybridized carbons (Fsp3) is 0.389. The molecule has 0 saturated heterocycles. The Kier molecular flexibility index (Phi) is 4.21. The predicted octanol–water partition coefficient (Wildman–Crippen LogP) is 4.14. The van der Waals surface area contributed by atoms with Gasteiger partial charge in [-0.3, -0.25) is 4.79 Å². The molecule has 0 saturated carbocycles. The molecule has 0 fully saturated rings. The van der Waals surface area contributed by atoms with E-state index in [1.807, 2.05) is 25.1 Å². The molecule has 1 aromatic carbocycles. The van der Waals surface area contributed by atoms with E-state index >= 15 is 0 Å². The van der Waals surface area contributed by atoms with Gasteiger partial charge in [-0.05, 0) is 47.6 Å². The lowest BCUT2D eigenvalue weighted by Gasteiger charge is -2.22. The van der Waals surface area contributed by atoms with Crippen molar-refractivity contribution in [3.05, 3.63) is 52.8 Å². The molecule has 3 heteroatoms. The van der Waals surface area contributed by atoms with E-state index in [1.165, 1.54) is 0 Å². The summed E-state index contributed by atoms with van der Waals surface area (Å²) in [7, 11) is 0. The zero-order chi connectivity index (χ0) is 15.6. The molecule has 0 unspecified atom stereocenters. The minimum absolute atomic E-state index is 0.114. The third-order valence-corrected chi connectivity index (χ3v) is 3.71. The van der Waals surface area contributed by atoms with Crippen LogP contribution >= 0.6 is 0 Å². The van der Waals surface area contributed by atoms with Crippen molar-refractivity contribution in [2.24, 2.45) is 0 Å². The maximum atomic E-state index is 12.0. The highest BCUT2D eigenvalue weighted by Gasteiger charge is 2.20. The molecule has 0 bridgehead atoms. The summed E-state index contributed by atoms with van der Waals surface area (Å²) >= 11 is 0. The molecule has 2 N–H and O–H groups in total. The van der Waals surface area contributed by atoms with E-state index in [1.54, 1.807) is 12.3 Å². The normalized spacial score (nSPS) is 11.6. The van der Waals surface area contributed by atoms with Crippen molar-refractivity contribution in [1.82, 2.24) is 4.98 Å². The van der Waals surface area contributed by atoms with Crippen LogP contribution in [0.4, 0.5) is 0 Å². The van der Waals surface area contributed by atoms with E-state index in [-0.39, 0.29) is 11.2 Å². The second-order valence-electron chi connectivity index (χ2n) is 6.57. The lowest BCUT2D eigenvalue weighted by atomic mass is 9.83. The maximum absolute atomic E-state index is 12.0. The molecule has 0 spiro atoms. The Morgan fingerprint density at radius 3 is 2.57 bits per heavy atom. The third kappa shape index (κ3) is 3.54. The van der Waals surface area contributed by atoms with Gasteiger partial charge in [-0.1, -0.05) is 32.9 Å². The summed E-state index contributed by atoms with van der Waals surface area (Å²) in [5, 5.41) is 10.2. The van der Waals surface area contributed by atoms with Gasteiger partial charge in [-0.2, -0.15) is 0 Å². The highest BCUT2D eigenvalue weighted by Crippen LogP contribution is 2.34. The van der Waals surface area contributed by atoms with Gasteiger partial charge in [0.25, 0.3) is 0 Å². The van der Waals surface area contributed by atoms with Gasteiger partial charge < -0.3 is 10.1 Å². The highest BCUT2D eigenvalue weighted by molar-refractivity contribution is 5.94. The number of hydrogen-bond acceptors (Lipinski definition) is 2. The summed E-state index contributed by atoms with van der Waals surface area (Å²) in [4.78, 5) is 15.0. The molecule has 0 radical (unpaired) electrons. The summed E-state index contributed by atoms with van der Waals surface area (Å²) in [6.07, 6.45) is 2.91. The second-order valence-corrected chi connectivity index (χ2v) is 6.57. The number of benzene rings is 1. The van der Waals surface area contributed by atoms with Crippen molar-refractivity contribution in [2.45, 2.75) is 46.0 Å². The van der Waals surface area contributed by atoms with E-state index in [2.05, 4.69) is 25.8 Å². The molecule has 0 amide bonds. The van der Waals surface area contributed by atoms with Crippen molar-refractivity contribution < 1.29 is 9.90 Å². The first-order valence-corrected chi connectivity index (χ1v) is 7.28. The van der Waals surface area contributed by atoms with Gasteiger partial charge in [-0.15, -0.1) is 0 Å². The molecule has 0 aliphatic rings. The molecule has 112 valence electrons.